The normalized spacial score (nSPS) is 16.2. The molecule has 0 heterocycles. The van der Waals surface area contributed by atoms with Crippen molar-refractivity contribution < 1.29 is 0 Å². The molecule has 6 rings (SSSR count). The van der Waals surface area contributed by atoms with Crippen LogP contribution in [0.1, 0.15) is 22.6 Å². The quantitative estimate of drug-likeness (QED) is 0.310. The number of rotatable bonds is 2. The lowest BCUT2D eigenvalue weighted by Gasteiger charge is -2.19. The molecule has 0 spiro atoms. The third-order valence-corrected chi connectivity index (χ3v) is 6.39. The predicted octanol–water partition coefficient (Wildman–Crippen LogP) is 7.80. The Kier molecular flexibility index (Phi) is 3.48. The molecule has 4 aromatic carbocycles. The fourth-order valence-electron chi connectivity index (χ4n) is 4.62. The minimum absolute atomic E-state index is 0.427. The summed E-state index contributed by atoms with van der Waals surface area (Å²) in [7, 11) is 0. The van der Waals surface area contributed by atoms with E-state index in [1.54, 1.807) is 0 Å². The lowest BCUT2D eigenvalue weighted by atomic mass is 9.85. The summed E-state index contributed by atoms with van der Waals surface area (Å²) >= 11 is 3.66. The molecule has 132 valence electrons. The Hall–Kier alpha value is -2.90. The zero-order chi connectivity index (χ0) is 18.7. The Morgan fingerprint density at radius 3 is 2.14 bits per heavy atom. The van der Waals surface area contributed by atoms with E-state index in [4.69, 9.17) is 0 Å². The van der Waals surface area contributed by atoms with Crippen LogP contribution in [-0.4, -0.2) is 0 Å². The molecule has 4 aromatic rings. The number of benzene rings is 4. The van der Waals surface area contributed by atoms with Gasteiger partial charge in [0.05, 0.1) is 0 Å². The minimum Gasteiger partial charge on any atom is -0.0622 e. The maximum atomic E-state index is 3.66. The van der Waals surface area contributed by atoms with Gasteiger partial charge in [-0.15, -0.1) is 0 Å². The van der Waals surface area contributed by atoms with E-state index in [-0.39, 0.29) is 0 Å². The standard InChI is InChI=1S/C27H17Br/c28-20-13-14-23-24(16-20)21-11-4-5-12-22(21)26-25(27(23)26)19-10-6-9-18(15-19)17-7-2-1-3-8-17/h1-16,26H. The van der Waals surface area contributed by atoms with Crippen molar-refractivity contribution in [1.29, 1.82) is 0 Å². The van der Waals surface area contributed by atoms with Gasteiger partial charge in [-0.25, -0.2) is 0 Å². The van der Waals surface area contributed by atoms with E-state index in [0.717, 1.165) is 4.47 Å². The van der Waals surface area contributed by atoms with E-state index in [1.165, 1.54) is 50.1 Å². The highest BCUT2D eigenvalue weighted by molar-refractivity contribution is 9.10. The van der Waals surface area contributed by atoms with E-state index >= 15 is 0 Å². The summed E-state index contributed by atoms with van der Waals surface area (Å²) < 4.78 is 1.13. The molecular formula is C27H17Br. The van der Waals surface area contributed by atoms with Crippen molar-refractivity contribution in [1.82, 2.24) is 0 Å². The lowest BCUT2D eigenvalue weighted by molar-refractivity contribution is 1.22. The molecule has 0 bridgehead atoms. The van der Waals surface area contributed by atoms with Crippen LogP contribution < -0.4 is 0 Å². The summed E-state index contributed by atoms with van der Waals surface area (Å²) in [5.74, 6) is 0.427. The second-order valence-corrected chi connectivity index (χ2v) is 8.40. The average Bonchev–Trinajstić information content (AvgIpc) is 3.51. The highest BCUT2D eigenvalue weighted by Crippen LogP contribution is 2.65. The fourth-order valence-corrected chi connectivity index (χ4v) is 4.98. The van der Waals surface area contributed by atoms with E-state index in [2.05, 4.69) is 113 Å². The van der Waals surface area contributed by atoms with E-state index in [9.17, 15) is 0 Å². The van der Waals surface area contributed by atoms with Gasteiger partial charge in [0.2, 0.25) is 0 Å². The number of allylic oxidation sites excluding steroid dienone is 2. The molecule has 1 unspecified atom stereocenters. The first-order valence-electron chi connectivity index (χ1n) is 9.60. The van der Waals surface area contributed by atoms with Crippen molar-refractivity contribution in [3.8, 4) is 22.3 Å². The molecule has 0 fully saturated rings. The van der Waals surface area contributed by atoms with E-state index < -0.39 is 0 Å². The first kappa shape index (κ1) is 16.1. The molecule has 0 saturated heterocycles. The topological polar surface area (TPSA) is 0 Å². The zero-order valence-electron chi connectivity index (χ0n) is 15.2. The van der Waals surface area contributed by atoms with Gasteiger partial charge in [-0.1, -0.05) is 94.8 Å². The van der Waals surface area contributed by atoms with Crippen LogP contribution in [0.25, 0.3) is 33.4 Å². The summed E-state index contributed by atoms with van der Waals surface area (Å²) in [6, 6.07) is 35.2. The van der Waals surface area contributed by atoms with Gasteiger partial charge in [0.1, 0.15) is 0 Å². The molecule has 0 N–H and O–H groups in total. The number of hydrogen-bond donors (Lipinski definition) is 0. The summed E-state index contributed by atoms with van der Waals surface area (Å²) in [6.45, 7) is 0. The number of hydrogen-bond acceptors (Lipinski definition) is 0. The zero-order valence-corrected chi connectivity index (χ0v) is 16.8. The van der Waals surface area contributed by atoms with Crippen molar-refractivity contribution in [2.45, 2.75) is 5.92 Å². The van der Waals surface area contributed by atoms with Gasteiger partial charge in [0.15, 0.2) is 0 Å². The van der Waals surface area contributed by atoms with Crippen LogP contribution in [0, 0.1) is 0 Å². The highest BCUT2D eigenvalue weighted by Gasteiger charge is 2.44. The summed E-state index contributed by atoms with van der Waals surface area (Å²) in [6.07, 6.45) is 0. The monoisotopic (exact) mass is 420 g/mol. The molecule has 0 nitrogen and oxygen atoms in total. The van der Waals surface area contributed by atoms with Crippen LogP contribution in [0.15, 0.2) is 102 Å². The largest absolute Gasteiger partial charge is 0.0622 e. The minimum atomic E-state index is 0.427. The van der Waals surface area contributed by atoms with Crippen molar-refractivity contribution in [3.63, 3.8) is 0 Å². The van der Waals surface area contributed by atoms with E-state index in [1.807, 2.05) is 0 Å². The van der Waals surface area contributed by atoms with Gasteiger partial charge < -0.3 is 0 Å². The lowest BCUT2D eigenvalue weighted by Crippen LogP contribution is -1.98. The summed E-state index contributed by atoms with van der Waals surface area (Å²) in [5.41, 5.74) is 12.4. The number of halogens is 1. The van der Waals surface area contributed by atoms with Crippen LogP contribution in [0.5, 0.6) is 0 Å². The Morgan fingerprint density at radius 2 is 1.25 bits per heavy atom. The summed E-state index contributed by atoms with van der Waals surface area (Å²) in [5, 5.41) is 0. The predicted molar refractivity (Wildman–Crippen MR) is 121 cm³/mol. The Labute approximate surface area is 173 Å². The van der Waals surface area contributed by atoms with Gasteiger partial charge in [0.25, 0.3) is 0 Å². The average molecular weight is 421 g/mol. The first-order valence-corrected chi connectivity index (χ1v) is 10.4. The molecule has 0 aromatic heterocycles. The van der Waals surface area contributed by atoms with Crippen LogP contribution in [0.2, 0.25) is 0 Å². The van der Waals surface area contributed by atoms with Crippen LogP contribution in [0.4, 0.5) is 0 Å². The first-order chi connectivity index (χ1) is 13.8. The van der Waals surface area contributed by atoms with Crippen LogP contribution >= 0.6 is 15.9 Å². The van der Waals surface area contributed by atoms with Gasteiger partial charge in [-0.3, -0.25) is 0 Å². The molecular weight excluding hydrogens is 404 g/mol. The molecule has 0 saturated carbocycles. The van der Waals surface area contributed by atoms with Gasteiger partial charge in [-0.2, -0.15) is 0 Å². The maximum Gasteiger partial charge on any atom is 0.0364 e. The Balaban J connectivity index is 1.53. The molecule has 1 atom stereocenters. The molecule has 0 radical (unpaired) electrons. The third-order valence-electron chi connectivity index (χ3n) is 5.90. The molecule has 2 aliphatic carbocycles. The maximum absolute atomic E-state index is 3.66. The third kappa shape index (κ3) is 2.36. The van der Waals surface area contributed by atoms with Crippen molar-refractivity contribution in [3.05, 3.63) is 118 Å². The summed E-state index contributed by atoms with van der Waals surface area (Å²) in [4.78, 5) is 0. The smallest absolute Gasteiger partial charge is 0.0364 e. The van der Waals surface area contributed by atoms with Gasteiger partial charge in [-0.05, 0) is 68.3 Å². The highest BCUT2D eigenvalue weighted by atomic mass is 79.9. The second kappa shape index (κ2) is 6.05. The molecule has 0 aliphatic heterocycles. The van der Waals surface area contributed by atoms with E-state index in [0.29, 0.717) is 5.92 Å². The Bertz CT molecular complexity index is 1260. The molecule has 0 amide bonds. The molecule has 2 aliphatic rings. The van der Waals surface area contributed by atoms with Gasteiger partial charge in [0, 0.05) is 10.4 Å². The molecule has 28 heavy (non-hydrogen) atoms. The van der Waals surface area contributed by atoms with Crippen molar-refractivity contribution in [2.75, 3.05) is 0 Å². The van der Waals surface area contributed by atoms with Crippen LogP contribution in [-0.2, 0) is 0 Å². The van der Waals surface area contributed by atoms with Crippen molar-refractivity contribution >= 4 is 27.1 Å². The van der Waals surface area contributed by atoms with Gasteiger partial charge >= 0.3 is 0 Å². The SMILES string of the molecule is Brc1ccc2c(c1)-c1ccccc1C1C(c3cccc(-c4ccccc4)c3)=C21. The second-order valence-electron chi connectivity index (χ2n) is 7.48. The van der Waals surface area contributed by atoms with Crippen LogP contribution in [0.3, 0.4) is 0 Å². The Morgan fingerprint density at radius 1 is 0.500 bits per heavy atom. The number of fused-ring (bicyclic) bond motifs is 6. The molecule has 1 heteroatoms. The fraction of sp³-hybridized carbons (Fsp3) is 0.0370. The van der Waals surface area contributed by atoms with Crippen molar-refractivity contribution in [2.24, 2.45) is 0 Å².